The molecule has 1 aromatic heterocycles. The van der Waals surface area contributed by atoms with E-state index in [9.17, 15) is 4.79 Å². The van der Waals surface area contributed by atoms with Crippen LogP contribution in [0.3, 0.4) is 0 Å². The number of carbonyl (C=O) groups excluding carboxylic acids is 1. The van der Waals surface area contributed by atoms with Crippen molar-refractivity contribution in [3.05, 3.63) is 71.6 Å². The van der Waals surface area contributed by atoms with E-state index in [1.54, 1.807) is 0 Å². The third-order valence-corrected chi connectivity index (χ3v) is 7.59. The first-order valence-electron chi connectivity index (χ1n) is 13.3. The number of amides is 1. The third kappa shape index (κ3) is 6.59. The number of nitrogens with one attached hydrogen (secondary N) is 1. The van der Waals surface area contributed by atoms with Gasteiger partial charge in [0.2, 0.25) is 17.6 Å². The molecule has 190 valence electrons. The van der Waals surface area contributed by atoms with Gasteiger partial charge in [0.1, 0.15) is 0 Å². The van der Waals surface area contributed by atoms with Crippen molar-refractivity contribution in [2.45, 2.75) is 52.2 Å². The van der Waals surface area contributed by atoms with Crippen LogP contribution in [0.5, 0.6) is 0 Å². The Hall–Kier alpha value is -3.03. The van der Waals surface area contributed by atoms with Gasteiger partial charge in [-0.1, -0.05) is 66.7 Å². The highest BCUT2D eigenvalue weighted by Gasteiger charge is 2.26. The summed E-state index contributed by atoms with van der Waals surface area (Å²) in [4.78, 5) is 22.1. The molecule has 0 bridgehead atoms. The molecule has 7 nitrogen and oxygen atoms in total. The molecule has 3 aromatic rings. The predicted octanol–water partition coefficient (Wildman–Crippen LogP) is 4.50. The molecule has 7 heteroatoms. The second kappa shape index (κ2) is 11.8. The number of carbonyl (C=O) groups is 1. The lowest BCUT2D eigenvalue weighted by atomic mass is 9.96. The van der Waals surface area contributed by atoms with E-state index in [1.165, 1.54) is 31.5 Å². The molecule has 0 atom stereocenters. The number of nitrogens with zero attached hydrogens (tertiary/aromatic N) is 4. The predicted molar refractivity (Wildman–Crippen MR) is 140 cm³/mol. The lowest BCUT2D eigenvalue weighted by Gasteiger charge is -2.30. The van der Waals surface area contributed by atoms with E-state index in [2.05, 4.69) is 56.4 Å². The first-order valence-corrected chi connectivity index (χ1v) is 13.3. The number of likely N-dealkylation sites (tertiary alicyclic amines) is 2. The van der Waals surface area contributed by atoms with Gasteiger partial charge in [-0.2, -0.15) is 4.98 Å². The van der Waals surface area contributed by atoms with Gasteiger partial charge in [0.15, 0.2) is 0 Å². The smallest absolute Gasteiger partial charge is 0.241 e. The highest BCUT2D eigenvalue weighted by molar-refractivity contribution is 5.78. The summed E-state index contributed by atoms with van der Waals surface area (Å²) in [5.41, 5.74) is 3.46. The standard InChI is InChI=1S/C29H37N5O2/c1-22-11-15-33(16-12-22)20-24-9-7-23(8-10-24)19-30-29(35)26-13-17-34(18-14-26)21-27-31-28(32-36-27)25-5-3-2-4-6-25/h2-10,22,26H,11-21H2,1H3,(H,30,35). The van der Waals surface area contributed by atoms with Gasteiger partial charge in [-0.15, -0.1) is 0 Å². The molecule has 0 saturated carbocycles. The Bertz CT molecular complexity index is 1100. The first-order chi connectivity index (χ1) is 17.6. The number of benzene rings is 2. The van der Waals surface area contributed by atoms with Crippen molar-refractivity contribution in [1.82, 2.24) is 25.3 Å². The van der Waals surface area contributed by atoms with Crippen molar-refractivity contribution in [3.63, 3.8) is 0 Å². The van der Waals surface area contributed by atoms with Crippen molar-refractivity contribution in [2.75, 3.05) is 26.2 Å². The summed E-state index contributed by atoms with van der Waals surface area (Å²) in [6, 6.07) is 18.6. The van der Waals surface area contributed by atoms with Gasteiger partial charge in [0, 0.05) is 24.6 Å². The minimum absolute atomic E-state index is 0.0598. The zero-order valence-electron chi connectivity index (χ0n) is 21.2. The third-order valence-electron chi connectivity index (χ3n) is 7.59. The first kappa shape index (κ1) is 24.7. The fourth-order valence-electron chi connectivity index (χ4n) is 5.14. The van der Waals surface area contributed by atoms with Crippen LogP contribution in [0.1, 0.15) is 49.6 Å². The molecule has 5 rings (SSSR count). The number of piperidine rings is 2. The summed E-state index contributed by atoms with van der Waals surface area (Å²) in [5, 5.41) is 7.26. The summed E-state index contributed by atoms with van der Waals surface area (Å²) >= 11 is 0. The second-order valence-electron chi connectivity index (χ2n) is 10.4. The van der Waals surface area contributed by atoms with Gasteiger partial charge in [-0.25, -0.2) is 0 Å². The Kier molecular flexibility index (Phi) is 8.08. The number of hydrogen-bond donors (Lipinski definition) is 1. The average Bonchev–Trinajstić information content (AvgIpc) is 3.39. The number of rotatable bonds is 8. The minimum Gasteiger partial charge on any atom is -0.352 e. The maximum Gasteiger partial charge on any atom is 0.241 e. The largest absolute Gasteiger partial charge is 0.352 e. The van der Waals surface area contributed by atoms with E-state index in [0.717, 1.165) is 49.5 Å². The molecule has 2 aliphatic heterocycles. The molecule has 2 saturated heterocycles. The van der Waals surface area contributed by atoms with E-state index in [0.29, 0.717) is 24.8 Å². The summed E-state index contributed by atoms with van der Waals surface area (Å²) < 4.78 is 5.45. The van der Waals surface area contributed by atoms with Gasteiger partial charge >= 0.3 is 0 Å². The van der Waals surface area contributed by atoms with Crippen LogP contribution in [-0.4, -0.2) is 52.0 Å². The Morgan fingerprint density at radius 1 is 0.889 bits per heavy atom. The molecular weight excluding hydrogens is 450 g/mol. The van der Waals surface area contributed by atoms with Crippen LogP contribution in [-0.2, 0) is 24.4 Å². The second-order valence-corrected chi connectivity index (χ2v) is 10.4. The quantitative estimate of drug-likeness (QED) is 0.504. The SMILES string of the molecule is CC1CCN(Cc2ccc(CNC(=O)C3CCN(Cc4nc(-c5ccccc5)no4)CC3)cc2)CC1. The fraction of sp³-hybridized carbons (Fsp3) is 0.483. The number of hydrogen-bond acceptors (Lipinski definition) is 6. The summed E-state index contributed by atoms with van der Waals surface area (Å²) in [7, 11) is 0. The molecule has 0 radical (unpaired) electrons. The van der Waals surface area contributed by atoms with Gasteiger partial charge in [0.05, 0.1) is 6.54 Å². The van der Waals surface area contributed by atoms with E-state index in [1.807, 2.05) is 30.3 Å². The molecule has 0 spiro atoms. The molecule has 2 aromatic carbocycles. The lowest BCUT2D eigenvalue weighted by molar-refractivity contribution is -0.126. The Morgan fingerprint density at radius 3 is 2.25 bits per heavy atom. The van der Waals surface area contributed by atoms with Crippen molar-refractivity contribution in [3.8, 4) is 11.4 Å². The fourth-order valence-corrected chi connectivity index (χ4v) is 5.14. The van der Waals surface area contributed by atoms with E-state index in [-0.39, 0.29) is 11.8 Å². The van der Waals surface area contributed by atoms with Gasteiger partial charge in [-0.05, 0) is 68.9 Å². The highest BCUT2D eigenvalue weighted by Crippen LogP contribution is 2.21. The Labute approximate surface area is 213 Å². The van der Waals surface area contributed by atoms with Crippen molar-refractivity contribution < 1.29 is 9.32 Å². The van der Waals surface area contributed by atoms with Crippen molar-refractivity contribution in [2.24, 2.45) is 11.8 Å². The minimum atomic E-state index is 0.0598. The van der Waals surface area contributed by atoms with Crippen LogP contribution >= 0.6 is 0 Å². The molecule has 0 aliphatic carbocycles. The molecule has 0 unspecified atom stereocenters. The topological polar surface area (TPSA) is 74.5 Å². The monoisotopic (exact) mass is 487 g/mol. The molecule has 1 N–H and O–H groups in total. The summed E-state index contributed by atoms with van der Waals surface area (Å²) in [6.07, 6.45) is 4.29. The van der Waals surface area contributed by atoms with Gasteiger partial charge in [0.25, 0.3) is 0 Å². The zero-order valence-corrected chi connectivity index (χ0v) is 21.2. The van der Waals surface area contributed by atoms with Crippen LogP contribution < -0.4 is 5.32 Å². The van der Waals surface area contributed by atoms with Crippen molar-refractivity contribution in [1.29, 1.82) is 0 Å². The average molecular weight is 488 g/mol. The molecule has 2 aliphatic rings. The van der Waals surface area contributed by atoms with Crippen LogP contribution in [0, 0.1) is 11.8 Å². The van der Waals surface area contributed by atoms with Crippen LogP contribution in [0.2, 0.25) is 0 Å². The van der Waals surface area contributed by atoms with Crippen LogP contribution in [0.25, 0.3) is 11.4 Å². The molecule has 36 heavy (non-hydrogen) atoms. The maximum absolute atomic E-state index is 12.8. The highest BCUT2D eigenvalue weighted by atomic mass is 16.5. The molecule has 2 fully saturated rings. The van der Waals surface area contributed by atoms with E-state index < -0.39 is 0 Å². The van der Waals surface area contributed by atoms with Gasteiger partial charge in [-0.3, -0.25) is 14.6 Å². The molecule has 1 amide bonds. The van der Waals surface area contributed by atoms with Crippen molar-refractivity contribution >= 4 is 5.91 Å². The van der Waals surface area contributed by atoms with Crippen LogP contribution in [0.4, 0.5) is 0 Å². The van der Waals surface area contributed by atoms with E-state index >= 15 is 0 Å². The summed E-state index contributed by atoms with van der Waals surface area (Å²) in [6.45, 7) is 8.68. The Morgan fingerprint density at radius 2 is 1.53 bits per heavy atom. The van der Waals surface area contributed by atoms with Crippen LogP contribution in [0.15, 0.2) is 59.1 Å². The van der Waals surface area contributed by atoms with Gasteiger partial charge < -0.3 is 9.84 Å². The molecular formula is C29H37N5O2. The summed E-state index contributed by atoms with van der Waals surface area (Å²) in [5.74, 6) is 2.32. The zero-order chi connectivity index (χ0) is 24.7. The number of aromatic nitrogens is 2. The van der Waals surface area contributed by atoms with E-state index in [4.69, 9.17) is 4.52 Å². The Balaban J connectivity index is 1.03. The molecule has 3 heterocycles. The normalized spacial score (nSPS) is 18.4. The lowest BCUT2D eigenvalue weighted by Crippen LogP contribution is -2.40. The maximum atomic E-state index is 12.8.